The van der Waals surface area contributed by atoms with Crippen molar-refractivity contribution in [3.05, 3.63) is 66.9 Å². The lowest BCUT2D eigenvalue weighted by atomic mass is 10.2. The molecule has 11 nitrogen and oxygen atoms in total. The topological polar surface area (TPSA) is 138 Å². The molecule has 1 amide bonds. The van der Waals surface area contributed by atoms with Gasteiger partial charge >= 0.3 is 0 Å². The molecule has 0 radical (unpaired) electrons. The van der Waals surface area contributed by atoms with Crippen LogP contribution in [-0.2, 0) is 0 Å². The second kappa shape index (κ2) is 8.90. The van der Waals surface area contributed by atoms with Crippen molar-refractivity contribution in [1.82, 2.24) is 35.0 Å². The predicted molar refractivity (Wildman–Crippen MR) is 131 cm³/mol. The molecule has 4 aromatic heterocycles. The van der Waals surface area contributed by atoms with Gasteiger partial charge in [0.2, 0.25) is 0 Å². The van der Waals surface area contributed by atoms with E-state index in [9.17, 15) is 4.79 Å². The molecular weight excluding hydrogens is 432 g/mol. The second-order valence-corrected chi connectivity index (χ2v) is 7.41. The van der Waals surface area contributed by atoms with E-state index in [2.05, 4.69) is 46.0 Å². The number of anilines is 2. The molecule has 0 fully saturated rings. The normalized spacial score (nSPS) is 12.0. The van der Waals surface area contributed by atoms with E-state index in [4.69, 9.17) is 0 Å². The number of rotatable bonds is 6. The zero-order valence-electron chi connectivity index (χ0n) is 18.4. The van der Waals surface area contributed by atoms with Gasteiger partial charge in [0.15, 0.2) is 5.82 Å². The summed E-state index contributed by atoms with van der Waals surface area (Å²) in [5, 5.41) is 15.1. The maximum Gasteiger partial charge on any atom is 0.297 e. The lowest BCUT2D eigenvalue weighted by molar-refractivity contribution is 0.0999. The maximum atomic E-state index is 12.4. The summed E-state index contributed by atoms with van der Waals surface area (Å²) in [6, 6.07) is 11.4. The number of amides is 1. The summed E-state index contributed by atoms with van der Waals surface area (Å²) in [6.45, 7) is 1.69. The third-order valence-electron chi connectivity index (χ3n) is 4.96. The van der Waals surface area contributed by atoms with Crippen LogP contribution >= 0.6 is 0 Å². The number of H-pyrrole nitrogens is 1. The number of aromatic amines is 1. The van der Waals surface area contributed by atoms with Crippen molar-refractivity contribution in [2.24, 2.45) is 10.1 Å². The van der Waals surface area contributed by atoms with Crippen LogP contribution in [0.2, 0.25) is 0 Å². The fourth-order valence-electron chi connectivity index (χ4n) is 3.36. The van der Waals surface area contributed by atoms with E-state index in [0.29, 0.717) is 23.0 Å². The Morgan fingerprint density at radius 3 is 2.97 bits per heavy atom. The first-order valence-electron chi connectivity index (χ1n) is 10.4. The molecule has 5 rings (SSSR count). The standard InChI is InChI=1S/C23H20N10O/c1-14(11-26-24-2)28-23(34)19-13-33-8-6-15(10-21(33)30-19)22-25-7-5-20(31-22)29-17-3-4-18-16(9-17)12-27-32-18/h3-13,24H,1-2H3,(H,27,32)(H,25,29,31). The zero-order chi connectivity index (χ0) is 23.5. The Hall–Kier alpha value is -4.93. The number of nitrogens with one attached hydrogen (secondary N) is 3. The van der Waals surface area contributed by atoms with Gasteiger partial charge in [-0.1, -0.05) is 0 Å². The van der Waals surface area contributed by atoms with Crippen molar-refractivity contribution in [3.8, 4) is 11.4 Å². The molecule has 0 unspecified atom stereocenters. The Labute approximate surface area is 193 Å². The largest absolute Gasteiger partial charge is 0.340 e. The van der Waals surface area contributed by atoms with E-state index in [1.54, 1.807) is 43.0 Å². The smallest absolute Gasteiger partial charge is 0.297 e. The highest BCUT2D eigenvalue weighted by Gasteiger charge is 2.12. The molecule has 0 aliphatic carbocycles. The highest BCUT2D eigenvalue weighted by Crippen LogP contribution is 2.22. The SMILES string of the molecule is CNN=CC(C)=NC(=O)c1cn2ccc(-c3nccc(Nc4ccc5[nH]ncc5c4)n3)cc2n1. The number of carbonyl (C=O) groups is 1. The Morgan fingerprint density at radius 1 is 1.18 bits per heavy atom. The van der Waals surface area contributed by atoms with Crippen molar-refractivity contribution in [1.29, 1.82) is 0 Å². The van der Waals surface area contributed by atoms with Crippen LogP contribution in [-0.4, -0.2) is 54.4 Å². The molecule has 0 saturated carbocycles. The predicted octanol–water partition coefficient (Wildman–Crippen LogP) is 3.22. The molecule has 34 heavy (non-hydrogen) atoms. The molecular formula is C23H20N10O. The van der Waals surface area contributed by atoms with Gasteiger partial charge in [0.05, 0.1) is 23.6 Å². The third-order valence-corrected chi connectivity index (χ3v) is 4.96. The van der Waals surface area contributed by atoms with Gasteiger partial charge in [0, 0.05) is 42.3 Å². The molecule has 5 aromatic rings. The van der Waals surface area contributed by atoms with Gasteiger partial charge in [0.25, 0.3) is 5.91 Å². The Bertz CT molecular complexity index is 1560. The number of imidazole rings is 1. The van der Waals surface area contributed by atoms with Gasteiger partial charge in [-0.05, 0) is 43.3 Å². The van der Waals surface area contributed by atoms with Gasteiger partial charge in [-0.3, -0.25) is 9.89 Å². The number of carbonyl (C=O) groups excluding carboxylic acids is 1. The van der Waals surface area contributed by atoms with Crippen LogP contribution in [0.1, 0.15) is 17.4 Å². The number of pyridine rings is 1. The van der Waals surface area contributed by atoms with Crippen molar-refractivity contribution >= 4 is 45.9 Å². The maximum absolute atomic E-state index is 12.4. The van der Waals surface area contributed by atoms with E-state index in [0.717, 1.165) is 22.2 Å². The van der Waals surface area contributed by atoms with E-state index in [1.165, 1.54) is 6.21 Å². The average molecular weight is 452 g/mol. The lowest BCUT2D eigenvalue weighted by Gasteiger charge is -2.07. The summed E-state index contributed by atoms with van der Waals surface area (Å²) in [7, 11) is 1.67. The molecule has 4 heterocycles. The van der Waals surface area contributed by atoms with Crippen LogP contribution in [0.3, 0.4) is 0 Å². The monoisotopic (exact) mass is 452 g/mol. The number of aromatic nitrogens is 6. The summed E-state index contributed by atoms with van der Waals surface area (Å²) in [4.78, 5) is 29.9. The number of fused-ring (bicyclic) bond motifs is 2. The van der Waals surface area contributed by atoms with Gasteiger partial charge in [-0.2, -0.15) is 10.2 Å². The van der Waals surface area contributed by atoms with Crippen molar-refractivity contribution in [3.63, 3.8) is 0 Å². The van der Waals surface area contributed by atoms with Crippen LogP contribution < -0.4 is 10.7 Å². The van der Waals surface area contributed by atoms with Gasteiger partial charge < -0.3 is 15.1 Å². The molecule has 0 aliphatic rings. The summed E-state index contributed by atoms with van der Waals surface area (Å²) in [6.07, 6.45) is 8.38. The van der Waals surface area contributed by atoms with E-state index in [1.807, 2.05) is 36.5 Å². The molecule has 11 heteroatoms. The van der Waals surface area contributed by atoms with Crippen LogP contribution in [0.4, 0.5) is 11.5 Å². The average Bonchev–Trinajstić information content (AvgIpc) is 3.49. The highest BCUT2D eigenvalue weighted by molar-refractivity contribution is 6.32. The minimum Gasteiger partial charge on any atom is -0.340 e. The molecule has 3 N–H and O–H groups in total. The molecule has 0 atom stereocenters. The van der Waals surface area contributed by atoms with Gasteiger partial charge in [-0.25, -0.2) is 19.9 Å². The summed E-state index contributed by atoms with van der Waals surface area (Å²) in [5.41, 5.74) is 6.54. The molecule has 1 aromatic carbocycles. The molecule has 0 saturated heterocycles. The number of hydrogen-bond donors (Lipinski definition) is 3. The number of hydrazone groups is 1. The Balaban J connectivity index is 1.39. The minimum atomic E-state index is -0.442. The summed E-state index contributed by atoms with van der Waals surface area (Å²) in [5.74, 6) is 0.743. The van der Waals surface area contributed by atoms with Gasteiger partial charge in [0.1, 0.15) is 17.2 Å². The Kier molecular flexibility index (Phi) is 5.48. The van der Waals surface area contributed by atoms with E-state index >= 15 is 0 Å². The quantitative estimate of drug-likeness (QED) is 0.266. The van der Waals surface area contributed by atoms with Gasteiger partial charge in [-0.15, -0.1) is 0 Å². The van der Waals surface area contributed by atoms with Crippen LogP contribution in [0.5, 0.6) is 0 Å². The molecule has 0 spiro atoms. The van der Waals surface area contributed by atoms with Crippen LogP contribution in [0, 0.1) is 0 Å². The first-order chi connectivity index (χ1) is 16.6. The third kappa shape index (κ3) is 4.35. The fraction of sp³-hybridized carbons (Fsp3) is 0.0870. The minimum absolute atomic E-state index is 0.236. The zero-order valence-corrected chi connectivity index (χ0v) is 18.4. The van der Waals surface area contributed by atoms with Crippen molar-refractivity contribution in [2.45, 2.75) is 6.92 Å². The number of benzene rings is 1. The van der Waals surface area contributed by atoms with E-state index < -0.39 is 5.91 Å². The first-order valence-corrected chi connectivity index (χ1v) is 10.4. The molecule has 0 aliphatic heterocycles. The van der Waals surface area contributed by atoms with Crippen LogP contribution in [0.15, 0.2) is 71.3 Å². The molecule has 0 bridgehead atoms. The first kappa shape index (κ1) is 20.9. The number of aliphatic imine (C=N–C) groups is 1. The van der Waals surface area contributed by atoms with Crippen LogP contribution in [0.25, 0.3) is 27.9 Å². The number of nitrogens with zero attached hydrogens (tertiary/aromatic N) is 7. The van der Waals surface area contributed by atoms with Crippen molar-refractivity contribution in [2.75, 3.05) is 12.4 Å². The van der Waals surface area contributed by atoms with Crippen molar-refractivity contribution < 1.29 is 4.79 Å². The second-order valence-electron chi connectivity index (χ2n) is 7.41. The highest BCUT2D eigenvalue weighted by atomic mass is 16.1. The Morgan fingerprint density at radius 2 is 2.09 bits per heavy atom. The fourth-order valence-corrected chi connectivity index (χ4v) is 3.36. The number of hydrogen-bond acceptors (Lipinski definition) is 8. The lowest BCUT2D eigenvalue weighted by Crippen LogP contribution is -2.04. The summed E-state index contributed by atoms with van der Waals surface area (Å²) < 4.78 is 1.76. The molecule has 168 valence electrons. The summed E-state index contributed by atoms with van der Waals surface area (Å²) >= 11 is 0. The van der Waals surface area contributed by atoms with E-state index in [-0.39, 0.29) is 5.69 Å².